The molecule has 0 amide bonds. The molecule has 88 valence electrons. The molecule has 1 aliphatic heterocycles. The predicted octanol–water partition coefficient (Wildman–Crippen LogP) is 2.51. The van der Waals surface area contributed by atoms with Crippen LogP contribution in [0.1, 0.15) is 12.8 Å². The van der Waals surface area contributed by atoms with Crippen LogP contribution in [0, 0.1) is 0 Å². The Morgan fingerprint density at radius 3 is 3.19 bits per heavy atom. The molecule has 1 aromatic heterocycles. The molecule has 6 heteroatoms. The second-order valence-corrected chi connectivity index (χ2v) is 5.02. The van der Waals surface area contributed by atoms with Gasteiger partial charge in [0.2, 0.25) is 5.28 Å². The Hall–Kier alpha value is -0.390. The van der Waals surface area contributed by atoms with E-state index in [1.165, 1.54) is 0 Å². The van der Waals surface area contributed by atoms with Crippen molar-refractivity contribution in [3.05, 3.63) is 16.0 Å². The van der Waals surface area contributed by atoms with Crippen molar-refractivity contribution in [2.45, 2.75) is 18.9 Å². The van der Waals surface area contributed by atoms with Gasteiger partial charge in [0.05, 0.1) is 10.6 Å². The average molecular weight is 307 g/mol. The molecule has 2 rings (SSSR count). The highest BCUT2D eigenvalue weighted by molar-refractivity contribution is 9.10. The SMILES string of the molecule is CN(CC1CCCO1)c1nc(Cl)ncc1Br. The summed E-state index contributed by atoms with van der Waals surface area (Å²) in [4.78, 5) is 10.1. The van der Waals surface area contributed by atoms with Gasteiger partial charge in [0.15, 0.2) is 0 Å². The molecule has 0 aliphatic carbocycles. The van der Waals surface area contributed by atoms with Crippen molar-refractivity contribution in [3.63, 3.8) is 0 Å². The average Bonchev–Trinajstić information content (AvgIpc) is 2.74. The number of aromatic nitrogens is 2. The van der Waals surface area contributed by atoms with E-state index in [0.29, 0.717) is 6.10 Å². The van der Waals surface area contributed by atoms with Gasteiger partial charge in [0.25, 0.3) is 0 Å². The smallest absolute Gasteiger partial charge is 0.224 e. The maximum Gasteiger partial charge on any atom is 0.224 e. The summed E-state index contributed by atoms with van der Waals surface area (Å²) in [5.74, 6) is 0.801. The lowest BCUT2D eigenvalue weighted by molar-refractivity contribution is 0.116. The summed E-state index contributed by atoms with van der Waals surface area (Å²) in [5.41, 5.74) is 0. The van der Waals surface area contributed by atoms with E-state index >= 15 is 0 Å². The monoisotopic (exact) mass is 305 g/mol. The van der Waals surface area contributed by atoms with Crippen molar-refractivity contribution in [3.8, 4) is 0 Å². The van der Waals surface area contributed by atoms with E-state index in [2.05, 4.69) is 25.9 Å². The molecule has 16 heavy (non-hydrogen) atoms. The van der Waals surface area contributed by atoms with Crippen molar-refractivity contribution in [1.82, 2.24) is 9.97 Å². The highest BCUT2D eigenvalue weighted by atomic mass is 79.9. The summed E-state index contributed by atoms with van der Waals surface area (Å²) >= 11 is 9.19. The molecule has 0 aromatic carbocycles. The van der Waals surface area contributed by atoms with Crippen molar-refractivity contribution in [2.24, 2.45) is 0 Å². The first-order chi connectivity index (χ1) is 7.66. The van der Waals surface area contributed by atoms with Crippen molar-refractivity contribution < 1.29 is 4.74 Å². The van der Waals surface area contributed by atoms with Crippen LogP contribution in [0.3, 0.4) is 0 Å². The van der Waals surface area contributed by atoms with Crippen molar-refractivity contribution >= 4 is 33.3 Å². The molecule has 1 fully saturated rings. The first-order valence-corrected chi connectivity index (χ1v) is 6.34. The minimum Gasteiger partial charge on any atom is -0.376 e. The number of nitrogens with zero attached hydrogens (tertiary/aromatic N) is 3. The van der Waals surface area contributed by atoms with E-state index in [-0.39, 0.29) is 5.28 Å². The van der Waals surface area contributed by atoms with E-state index in [9.17, 15) is 0 Å². The van der Waals surface area contributed by atoms with Gasteiger partial charge < -0.3 is 9.64 Å². The standard InChI is InChI=1S/C10H13BrClN3O/c1-15(6-7-3-2-4-16-7)9-8(11)5-13-10(12)14-9/h5,7H,2-4,6H2,1H3. The van der Waals surface area contributed by atoms with Gasteiger partial charge >= 0.3 is 0 Å². The Morgan fingerprint density at radius 1 is 1.69 bits per heavy atom. The van der Waals surface area contributed by atoms with Crippen molar-refractivity contribution in [1.29, 1.82) is 0 Å². The second kappa shape index (κ2) is 5.29. The van der Waals surface area contributed by atoms with Crippen LogP contribution < -0.4 is 4.90 Å². The maximum absolute atomic E-state index is 5.78. The van der Waals surface area contributed by atoms with Crippen LogP contribution in [0.2, 0.25) is 5.28 Å². The first kappa shape index (κ1) is 12.1. The maximum atomic E-state index is 5.78. The Morgan fingerprint density at radius 2 is 2.50 bits per heavy atom. The molecule has 0 bridgehead atoms. The molecule has 1 unspecified atom stereocenters. The Bertz CT molecular complexity index is 371. The minimum absolute atomic E-state index is 0.261. The van der Waals surface area contributed by atoms with E-state index in [0.717, 1.165) is 36.3 Å². The van der Waals surface area contributed by atoms with Gasteiger partial charge in [-0.25, -0.2) is 4.98 Å². The summed E-state index contributed by atoms with van der Waals surface area (Å²) in [6.07, 6.45) is 4.22. The summed E-state index contributed by atoms with van der Waals surface area (Å²) in [7, 11) is 1.98. The number of anilines is 1. The van der Waals surface area contributed by atoms with Gasteiger partial charge in [0.1, 0.15) is 5.82 Å². The molecular weight excluding hydrogens is 293 g/mol. The summed E-state index contributed by atoms with van der Waals surface area (Å²) < 4.78 is 6.43. The molecule has 0 saturated carbocycles. The predicted molar refractivity (Wildman–Crippen MR) is 67.0 cm³/mol. The lowest BCUT2D eigenvalue weighted by Crippen LogP contribution is -2.29. The van der Waals surface area contributed by atoms with Gasteiger partial charge in [-0.15, -0.1) is 0 Å². The molecule has 1 aromatic rings. The van der Waals surface area contributed by atoms with E-state index in [1.807, 2.05) is 11.9 Å². The Labute approximate surface area is 108 Å². The zero-order valence-corrected chi connectivity index (χ0v) is 11.3. The van der Waals surface area contributed by atoms with Crippen LogP contribution in [-0.4, -0.2) is 36.3 Å². The third kappa shape index (κ3) is 2.84. The topological polar surface area (TPSA) is 38.2 Å². The summed E-state index contributed by atoms with van der Waals surface area (Å²) in [6, 6.07) is 0. The molecule has 1 atom stereocenters. The fourth-order valence-corrected chi connectivity index (χ4v) is 2.41. The third-order valence-electron chi connectivity index (χ3n) is 2.56. The number of rotatable bonds is 3. The van der Waals surface area contributed by atoms with Crippen LogP contribution in [-0.2, 0) is 4.74 Å². The molecule has 0 radical (unpaired) electrons. The summed E-state index contributed by atoms with van der Waals surface area (Å²) in [6.45, 7) is 1.69. The van der Waals surface area contributed by atoms with Crippen LogP contribution >= 0.6 is 27.5 Å². The molecule has 0 N–H and O–H groups in total. The zero-order valence-electron chi connectivity index (χ0n) is 8.99. The highest BCUT2D eigenvalue weighted by Gasteiger charge is 2.19. The zero-order chi connectivity index (χ0) is 11.5. The normalized spacial score (nSPS) is 20.1. The molecule has 4 nitrogen and oxygen atoms in total. The van der Waals surface area contributed by atoms with Gasteiger partial charge in [-0.3, -0.25) is 0 Å². The van der Waals surface area contributed by atoms with Gasteiger partial charge in [-0.05, 0) is 40.4 Å². The highest BCUT2D eigenvalue weighted by Crippen LogP contribution is 2.24. The number of hydrogen-bond donors (Lipinski definition) is 0. The summed E-state index contributed by atoms with van der Waals surface area (Å²) in [5, 5.41) is 0.261. The fraction of sp³-hybridized carbons (Fsp3) is 0.600. The van der Waals surface area contributed by atoms with Crippen LogP contribution in [0.25, 0.3) is 0 Å². The van der Waals surface area contributed by atoms with E-state index in [4.69, 9.17) is 16.3 Å². The largest absolute Gasteiger partial charge is 0.376 e. The quantitative estimate of drug-likeness (QED) is 0.804. The van der Waals surface area contributed by atoms with Gasteiger partial charge in [0, 0.05) is 26.4 Å². The van der Waals surface area contributed by atoms with Gasteiger partial charge in [-0.2, -0.15) is 4.98 Å². The number of ether oxygens (including phenoxy) is 1. The van der Waals surface area contributed by atoms with E-state index < -0.39 is 0 Å². The fourth-order valence-electron chi connectivity index (χ4n) is 1.79. The lowest BCUT2D eigenvalue weighted by Gasteiger charge is -2.22. The van der Waals surface area contributed by atoms with Gasteiger partial charge in [-0.1, -0.05) is 0 Å². The Balaban J connectivity index is 2.07. The first-order valence-electron chi connectivity index (χ1n) is 5.17. The van der Waals surface area contributed by atoms with Crippen LogP contribution in [0.4, 0.5) is 5.82 Å². The van der Waals surface area contributed by atoms with Crippen molar-refractivity contribution in [2.75, 3.05) is 25.1 Å². The Kier molecular flexibility index (Phi) is 4.00. The number of halogens is 2. The number of hydrogen-bond acceptors (Lipinski definition) is 4. The third-order valence-corrected chi connectivity index (χ3v) is 3.30. The number of likely N-dealkylation sites (N-methyl/N-ethyl adjacent to an activating group) is 1. The molecule has 2 heterocycles. The van der Waals surface area contributed by atoms with Crippen LogP contribution in [0.5, 0.6) is 0 Å². The second-order valence-electron chi connectivity index (χ2n) is 3.83. The molecule has 0 spiro atoms. The van der Waals surface area contributed by atoms with E-state index in [1.54, 1.807) is 6.20 Å². The van der Waals surface area contributed by atoms with Crippen LogP contribution in [0.15, 0.2) is 10.7 Å². The molecular formula is C10H13BrClN3O. The molecule has 1 aliphatic rings. The lowest BCUT2D eigenvalue weighted by atomic mass is 10.2. The molecule has 1 saturated heterocycles. The minimum atomic E-state index is 0.261.